The zero-order chi connectivity index (χ0) is 16.7. The molecule has 0 unspecified atom stereocenters. The summed E-state index contributed by atoms with van der Waals surface area (Å²) in [6.07, 6.45) is -0.0989. The Kier molecular flexibility index (Phi) is 6.52. The summed E-state index contributed by atoms with van der Waals surface area (Å²) >= 11 is 0.739. The second-order valence-electron chi connectivity index (χ2n) is 4.80. The Bertz CT molecular complexity index is 615. The molecule has 0 aliphatic heterocycles. The maximum Gasteiger partial charge on any atom is 0.501 e. The van der Waals surface area contributed by atoms with Crippen molar-refractivity contribution < 1.29 is 17.2 Å². The number of amides is 2. The quantitative estimate of drug-likeness (QED) is 0.825. The Morgan fingerprint density at radius 2 is 1.09 bits per heavy atom. The molecule has 8 heteroatoms. The van der Waals surface area contributed by atoms with Crippen LogP contribution < -0.4 is 10.6 Å². The molecule has 0 fully saturated rings. The zero-order valence-corrected chi connectivity index (χ0v) is 17.0. The number of benzene rings is 2. The molecular formula is C15H16Al2N2O4. The fraction of sp³-hybridized carbons (Fsp3) is 0.0667. The van der Waals surface area contributed by atoms with Crippen molar-refractivity contribution in [2.75, 3.05) is 10.6 Å². The third-order valence-electron chi connectivity index (χ3n) is 3.18. The number of hydrogen-bond acceptors (Lipinski definition) is 4. The second kappa shape index (κ2) is 8.62. The average Bonchev–Trinajstić information content (AvgIpc) is 2.58. The lowest BCUT2D eigenvalue weighted by atomic mass is 10.0. The normalized spacial score (nSPS) is 9.74. The molecule has 2 aromatic carbocycles. The van der Waals surface area contributed by atoms with E-state index in [0.29, 0.717) is 44.6 Å². The molecule has 0 bridgehead atoms. The number of carbonyl (C=O) groups excluding carboxylic acids is 2. The van der Waals surface area contributed by atoms with Crippen molar-refractivity contribution in [3.63, 3.8) is 0 Å². The standard InChI is InChI=1S/C15H14N2O4.2Al.4H/c18-14(19)16-12-5-1-10(2-6-12)9-11-3-7-13(8-4-11)17-15(20)21;;;;;;/h1-8,16-17H,9H2,(H,18,19)(H,20,21);;;;;;/q;2*+1;;;;/p-2. The lowest BCUT2D eigenvalue weighted by Crippen LogP contribution is -2.11. The molecule has 2 rings (SSSR count). The Morgan fingerprint density at radius 1 is 0.739 bits per heavy atom. The van der Waals surface area contributed by atoms with Gasteiger partial charge in [0.05, 0.1) is 0 Å². The van der Waals surface area contributed by atoms with Crippen LogP contribution in [-0.2, 0) is 14.0 Å². The van der Waals surface area contributed by atoms with Crippen molar-refractivity contribution in [3.05, 3.63) is 59.7 Å². The van der Waals surface area contributed by atoms with Gasteiger partial charge < -0.3 is 7.58 Å². The van der Waals surface area contributed by atoms with Crippen molar-refractivity contribution in [1.82, 2.24) is 0 Å². The van der Waals surface area contributed by atoms with Gasteiger partial charge in [-0.25, -0.2) is 9.59 Å². The Hall–Kier alpha value is -1.96. The van der Waals surface area contributed by atoms with Gasteiger partial charge >= 0.3 is 45.4 Å². The third-order valence-corrected chi connectivity index (χ3v) is 3.92. The maximum absolute atomic E-state index is 11.2. The summed E-state index contributed by atoms with van der Waals surface area (Å²) < 4.78 is 9.36. The fourth-order valence-electron chi connectivity index (χ4n) is 1.99. The highest BCUT2D eigenvalue weighted by molar-refractivity contribution is 6.08. The van der Waals surface area contributed by atoms with Gasteiger partial charge in [0.1, 0.15) is 0 Å². The molecule has 0 aliphatic rings. The number of rotatable bonds is 4. The lowest BCUT2D eigenvalue weighted by Gasteiger charge is -2.08. The van der Waals surface area contributed by atoms with Crippen LogP contribution in [-0.4, -0.2) is 45.4 Å². The SMILES string of the molecule is O=C(Nc1ccc(Cc2ccc(NC(=O)[O][AlH2])cc2)cc1)[O][AlH2]. The van der Waals surface area contributed by atoms with Crippen molar-refractivity contribution in [2.24, 2.45) is 0 Å². The van der Waals surface area contributed by atoms with Crippen LogP contribution in [0.1, 0.15) is 11.1 Å². The van der Waals surface area contributed by atoms with E-state index < -0.39 is 12.2 Å². The summed E-state index contributed by atoms with van der Waals surface area (Å²) in [7, 11) is 0. The van der Waals surface area contributed by atoms with E-state index in [2.05, 4.69) is 18.2 Å². The van der Waals surface area contributed by atoms with Gasteiger partial charge in [-0.05, 0) is 41.8 Å². The van der Waals surface area contributed by atoms with Gasteiger partial charge in [-0.1, -0.05) is 24.3 Å². The lowest BCUT2D eigenvalue weighted by molar-refractivity contribution is 0.218. The maximum atomic E-state index is 11.2. The van der Waals surface area contributed by atoms with Crippen LogP contribution in [0.4, 0.5) is 21.0 Å². The summed E-state index contributed by atoms with van der Waals surface area (Å²) in [5, 5.41) is 5.28. The highest BCUT2D eigenvalue weighted by atomic mass is 27.1. The molecule has 6 nitrogen and oxygen atoms in total. The van der Waals surface area contributed by atoms with E-state index in [9.17, 15) is 9.59 Å². The molecule has 0 heterocycles. The first-order valence-corrected chi connectivity index (χ1v) is 8.62. The van der Waals surface area contributed by atoms with Gasteiger partial charge in [-0.3, -0.25) is 10.6 Å². The second-order valence-corrected chi connectivity index (χ2v) is 5.62. The first kappa shape index (κ1) is 17.4. The molecule has 0 aromatic heterocycles. The summed E-state index contributed by atoms with van der Waals surface area (Å²) in [5.41, 5.74) is 3.65. The van der Waals surface area contributed by atoms with Gasteiger partial charge in [-0.2, -0.15) is 0 Å². The van der Waals surface area contributed by atoms with E-state index in [1.54, 1.807) is 0 Å². The van der Waals surface area contributed by atoms with Crippen LogP contribution >= 0.6 is 0 Å². The van der Waals surface area contributed by atoms with Crippen LogP contribution in [0.3, 0.4) is 0 Å². The minimum Gasteiger partial charge on any atom is -0.606 e. The van der Waals surface area contributed by atoms with Crippen molar-refractivity contribution in [1.29, 1.82) is 0 Å². The molecule has 0 saturated heterocycles. The number of hydrogen-bond donors (Lipinski definition) is 2. The molecule has 0 saturated carbocycles. The number of anilines is 2. The molecule has 2 amide bonds. The molecule has 116 valence electrons. The topological polar surface area (TPSA) is 76.7 Å². The van der Waals surface area contributed by atoms with E-state index in [1.165, 1.54) is 0 Å². The van der Waals surface area contributed by atoms with Crippen LogP contribution in [0.25, 0.3) is 0 Å². The largest absolute Gasteiger partial charge is 0.606 e. The molecule has 2 aromatic rings. The molecular weight excluding hydrogens is 326 g/mol. The average molecular weight is 342 g/mol. The van der Waals surface area contributed by atoms with Gasteiger partial charge in [0.2, 0.25) is 0 Å². The highest BCUT2D eigenvalue weighted by Gasteiger charge is 2.02. The summed E-state index contributed by atoms with van der Waals surface area (Å²) in [5.74, 6) is 0. The number of carbonyl (C=O) groups is 2. The van der Waals surface area contributed by atoms with Crippen LogP contribution in [0.5, 0.6) is 0 Å². The summed E-state index contributed by atoms with van der Waals surface area (Å²) in [6, 6.07) is 15.2. The van der Waals surface area contributed by atoms with Crippen LogP contribution in [0.2, 0.25) is 0 Å². The minimum atomic E-state index is -0.430. The number of nitrogens with one attached hydrogen (secondary N) is 2. The van der Waals surface area contributed by atoms with Gasteiger partial charge in [0.15, 0.2) is 0 Å². The third kappa shape index (κ3) is 5.63. The van der Waals surface area contributed by atoms with Crippen molar-refractivity contribution in [2.45, 2.75) is 6.42 Å². The van der Waals surface area contributed by atoms with Crippen LogP contribution in [0.15, 0.2) is 48.5 Å². The van der Waals surface area contributed by atoms with E-state index >= 15 is 0 Å². The van der Waals surface area contributed by atoms with E-state index in [-0.39, 0.29) is 0 Å². The highest BCUT2D eigenvalue weighted by Crippen LogP contribution is 2.16. The smallest absolute Gasteiger partial charge is 0.501 e. The van der Waals surface area contributed by atoms with E-state index in [4.69, 9.17) is 0 Å². The molecule has 2 N–H and O–H groups in total. The van der Waals surface area contributed by atoms with Crippen molar-refractivity contribution >= 4 is 56.8 Å². The van der Waals surface area contributed by atoms with E-state index in [1.807, 2.05) is 48.5 Å². The zero-order valence-electron chi connectivity index (χ0n) is 13.0. The molecule has 0 spiro atoms. The van der Waals surface area contributed by atoms with Crippen molar-refractivity contribution in [3.8, 4) is 0 Å². The first-order valence-electron chi connectivity index (χ1n) is 6.98. The first-order chi connectivity index (χ1) is 11.1. The Labute approximate surface area is 150 Å². The predicted octanol–water partition coefficient (Wildman–Crippen LogP) is 1.47. The van der Waals surface area contributed by atoms with Gasteiger partial charge in [0, 0.05) is 11.4 Å². The van der Waals surface area contributed by atoms with Gasteiger partial charge in [-0.15, -0.1) is 0 Å². The predicted molar refractivity (Wildman–Crippen MR) is 93.0 cm³/mol. The minimum absolute atomic E-state index is 0.370. The van der Waals surface area contributed by atoms with E-state index in [0.717, 1.165) is 17.5 Å². The molecule has 0 aliphatic carbocycles. The molecule has 0 atom stereocenters. The van der Waals surface area contributed by atoms with Gasteiger partial charge in [0.25, 0.3) is 0 Å². The molecule has 23 heavy (non-hydrogen) atoms. The summed E-state index contributed by atoms with van der Waals surface area (Å²) in [4.78, 5) is 22.3. The fourth-order valence-corrected chi connectivity index (χ4v) is 2.19. The summed E-state index contributed by atoms with van der Waals surface area (Å²) in [6.45, 7) is 0. The Balaban J connectivity index is 1.96. The monoisotopic (exact) mass is 342 g/mol. The van der Waals surface area contributed by atoms with Crippen LogP contribution in [0, 0.1) is 0 Å². The Morgan fingerprint density at radius 3 is 1.39 bits per heavy atom. The molecule has 0 radical (unpaired) electrons.